The first-order valence-electron chi connectivity index (χ1n) is 4.74. The highest BCUT2D eigenvalue weighted by Gasteiger charge is 2.46. The molecule has 1 saturated heterocycles. The minimum Gasteiger partial charge on any atom is -0.388 e. The summed E-state index contributed by atoms with van der Waals surface area (Å²) in [7, 11) is 0. The Morgan fingerprint density at radius 2 is 1.93 bits per heavy atom. The van der Waals surface area contributed by atoms with E-state index >= 15 is 0 Å². The molecule has 0 radical (unpaired) electrons. The van der Waals surface area contributed by atoms with Gasteiger partial charge in [0.1, 0.15) is 12.2 Å². The van der Waals surface area contributed by atoms with Gasteiger partial charge in [0.2, 0.25) is 5.91 Å². The van der Waals surface area contributed by atoms with E-state index in [4.69, 9.17) is 21.9 Å². The van der Waals surface area contributed by atoms with Gasteiger partial charge in [0.25, 0.3) is 0 Å². The average Bonchev–Trinajstić information content (AvgIpc) is 2.46. The van der Waals surface area contributed by atoms with E-state index in [1.807, 2.05) is 0 Å². The van der Waals surface area contributed by atoms with Crippen molar-refractivity contribution < 1.29 is 19.7 Å². The summed E-state index contributed by atoms with van der Waals surface area (Å²) < 4.78 is 5.24. The number of amides is 1. The van der Waals surface area contributed by atoms with Gasteiger partial charge in [0, 0.05) is 13.1 Å². The van der Waals surface area contributed by atoms with Crippen molar-refractivity contribution in [3.8, 4) is 0 Å². The van der Waals surface area contributed by atoms with Crippen molar-refractivity contribution in [3.63, 3.8) is 0 Å². The van der Waals surface area contributed by atoms with Crippen molar-refractivity contribution in [3.05, 3.63) is 0 Å². The predicted octanol–water partition coefficient (Wildman–Crippen LogP) is -3.51. The molecule has 8 N–H and O–H groups in total. The number of hydrogen-bond donors (Lipinski definition) is 5. The molecule has 5 atom stereocenters. The normalized spacial score (nSPS) is 37.9. The van der Waals surface area contributed by atoms with Crippen molar-refractivity contribution >= 4 is 5.91 Å². The lowest BCUT2D eigenvalue weighted by molar-refractivity contribution is -0.128. The Balaban J connectivity index is 2.75. The third-order valence-corrected chi connectivity index (χ3v) is 2.65. The smallest absolute Gasteiger partial charge is 0.224 e. The SMILES string of the molecule is NCC1OC(C(CN)C(N)=O)C(O)C1O. The summed E-state index contributed by atoms with van der Waals surface area (Å²) in [6, 6.07) is 0. The van der Waals surface area contributed by atoms with Crippen LogP contribution in [0.1, 0.15) is 0 Å². The second kappa shape index (κ2) is 4.86. The summed E-state index contributed by atoms with van der Waals surface area (Å²) in [5, 5.41) is 19.1. The molecule has 0 aromatic heterocycles. The van der Waals surface area contributed by atoms with Gasteiger partial charge >= 0.3 is 0 Å². The molecule has 0 spiro atoms. The van der Waals surface area contributed by atoms with Crippen molar-refractivity contribution in [1.82, 2.24) is 0 Å². The monoisotopic (exact) mass is 219 g/mol. The van der Waals surface area contributed by atoms with E-state index in [9.17, 15) is 15.0 Å². The number of ether oxygens (including phenoxy) is 1. The molecule has 0 aromatic carbocycles. The summed E-state index contributed by atoms with van der Waals surface area (Å²) >= 11 is 0. The minimum atomic E-state index is -1.18. The van der Waals surface area contributed by atoms with Crippen LogP contribution in [0.2, 0.25) is 0 Å². The van der Waals surface area contributed by atoms with Crippen LogP contribution in [0.3, 0.4) is 0 Å². The number of carbonyl (C=O) groups is 1. The summed E-state index contributed by atoms with van der Waals surface area (Å²) in [5.41, 5.74) is 15.8. The van der Waals surface area contributed by atoms with Gasteiger partial charge < -0.3 is 32.2 Å². The van der Waals surface area contributed by atoms with Crippen LogP contribution in [-0.2, 0) is 9.53 Å². The standard InChI is InChI=1S/C8H17N3O4/c9-1-3(8(11)14)7-6(13)5(12)4(2-10)15-7/h3-7,12-13H,1-2,9-10H2,(H2,11,14). The molecule has 1 fully saturated rings. The number of hydrogen-bond acceptors (Lipinski definition) is 6. The minimum absolute atomic E-state index is 0.0406. The molecule has 15 heavy (non-hydrogen) atoms. The van der Waals surface area contributed by atoms with Crippen LogP contribution in [0, 0.1) is 5.92 Å². The van der Waals surface area contributed by atoms with E-state index in [0.717, 1.165) is 0 Å². The lowest BCUT2D eigenvalue weighted by atomic mass is 9.95. The van der Waals surface area contributed by atoms with Crippen LogP contribution >= 0.6 is 0 Å². The highest BCUT2D eigenvalue weighted by Crippen LogP contribution is 2.25. The fraction of sp³-hybridized carbons (Fsp3) is 0.875. The van der Waals surface area contributed by atoms with Gasteiger partial charge in [-0.15, -0.1) is 0 Å². The fourth-order valence-electron chi connectivity index (χ4n) is 1.72. The first kappa shape index (κ1) is 12.3. The molecule has 1 amide bonds. The van der Waals surface area contributed by atoms with Crippen LogP contribution in [0.25, 0.3) is 0 Å². The number of nitrogens with two attached hydrogens (primary N) is 3. The van der Waals surface area contributed by atoms with Crippen LogP contribution in [0.5, 0.6) is 0 Å². The Hall–Kier alpha value is -0.730. The van der Waals surface area contributed by atoms with Gasteiger partial charge in [-0.05, 0) is 0 Å². The number of rotatable bonds is 4. The molecule has 0 aromatic rings. The number of aliphatic hydroxyl groups excluding tert-OH is 2. The van der Waals surface area contributed by atoms with Crippen molar-refractivity contribution in [2.24, 2.45) is 23.1 Å². The van der Waals surface area contributed by atoms with E-state index in [2.05, 4.69) is 0 Å². The lowest BCUT2D eigenvalue weighted by Gasteiger charge is -2.21. The van der Waals surface area contributed by atoms with Gasteiger partial charge in [-0.1, -0.05) is 0 Å². The molecule has 1 aliphatic heterocycles. The number of aliphatic hydroxyl groups is 2. The highest BCUT2D eigenvalue weighted by molar-refractivity contribution is 5.77. The molecule has 0 bridgehead atoms. The van der Waals surface area contributed by atoms with Crippen LogP contribution in [-0.4, -0.2) is 53.6 Å². The molecule has 0 saturated carbocycles. The highest BCUT2D eigenvalue weighted by atomic mass is 16.5. The predicted molar refractivity (Wildman–Crippen MR) is 51.5 cm³/mol. The zero-order valence-corrected chi connectivity index (χ0v) is 8.24. The topological polar surface area (TPSA) is 145 Å². The fourth-order valence-corrected chi connectivity index (χ4v) is 1.72. The first-order chi connectivity index (χ1) is 7.02. The van der Waals surface area contributed by atoms with E-state index < -0.39 is 36.2 Å². The van der Waals surface area contributed by atoms with Gasteiger partial charge in [0.15, 0.2) is 0 Å². The zero-order valence-electron chi connectivity index (χ0n) is 8.24. The van der Waals surface area contributed by atoms with Crippen LogP contribution in [0.4, 0.5) is 0 Å². The second-order valence-electron chi connectivity index (χ2n) is 3.60. The van der Waals surface area contributed by atoms with E-state index in [0.29, 0.717) is 0 Å². The summed E-state index contributed by atoms with van der Waals surface area (Å²) in [5.74, 6) is -1.47. The van der Waals surface area contributed by atoms with Crippen LogP contribution in [0.15, 0.2) is 0 Å². The zero-order chi connectivity index (χ0) is 11.6. The van der Waals surface area contributed by atoms with E-state index in [-0.39, 0.29) is 13.1 Å². The molecule has 1 aliphatic rings. The summed E-state index contributed by atoms with van der Waals surface area (Å²) in [4.78, 5) is 11.0. The molecule has 1 rings (SSSR count). The Morgan fingerprint density at radius 1 is 1.33 bits per heavy atom. The van der Waals surface area contributed by atoms with E-state index in [1.54, 1.807) is 0 Å². The average molecular weight is 219 g/mol. The van der Waals surface area contributed by atoms with Crippen LogP contribution < -0.4 is 17.2 Å². The van der Waals surface area contributed by atoms with Crippen molar-refractivity contribution in [1.29, 1.82) is 0 Å². The van der Waals surface area contributed by atoms with Gasteiger partial charge in [-0.25, -0.2) is 0 Å². The molecular formula is C8H17N3O4. The van der Waals surface area contributed by atoms with Crippen molar-refractivity contribution in [2.75, 3.05) is 13.1 Å². The number of primary amides is 1. The molecule has 5 unspecified atom stereocenters. The summed E-state index contributed by atoms with van der Waals surface area (Å²) in [6.45, 7) is 0.0197. The lowest BCUT2D eigenvalue weighted by Crippen LogP contribution is -2.45. The maximum Gasteiger partial charge on any atom is 0.224 e. The Bertz CT molecular complexity index is 238. The first-order valence-corrected chi connectivity index (χ1v) is 4.74. The quantitative estimate of drug-likeness (QED) is 0.331. The number of carbonyl (C=O) groups excluding carboxylic acids is 1. The third kappa shape index (κ3) is 2.27. The van der Waals surface area contributed by atoms with Gasteiger partial charge in [-0.2, -0.15) is 0 Å². The summed E-state index contributed by atoms with van der Waals surface area (Å²) in [6.07, 6.45) is -3.84. The molecule has 88 valence electrons. The Kier molecular flexibility index (Phi) is 4.00. The van der Waals surface area contributed by atoms with Gasteiger partial charge in [0.05, 0.1) is 18.1 Å². The maximum atomic E-state index is 11.0. The Morgan fingerprint density at radius 3 is 2.27 bits per heavy atom. The molecule has 0 aliphatic carbocycles. The largest absolute Gasteiger partial charge is 0.388 e. The molecule has 1 heterocycles. The molecule has 7 nitrogen and oxygen atoms in total. The van der Waals surface area contributed by atoms with Gasteiger partial charge in [-0.3, -0.25) is 4.79 Å². The second-order valence-corrected chi connectivity index (χ2v) is 3.60. The Labute approximate surface area is 87.2 Å². The van der Waals surface area contributed by atoms with E-state index in [1.165, 1.54) is 0 Å². The van der Waals surface area contributed by atoms with Crippen molar-refractivity contribution in [2.45, 2.75) is 24.4 Å². The maximum absolute atomic E-state index is 11.0. The molecule has 7 heteroatoms. The third-order valence-electron chi connectivity index (χ3n) is 2.65. The molecular weight excluding hydrogens is 202 g/mol.